The summed E-state index contributed by atoms with van der Waals surface area (Å²) in [6.07, 6.45) is -4.75. The number of alkyl halides is 3. The van der Waals surface area contributed by atoms with Gasteiger partial charge in [-0.15, -0.1) is 0 Å². The van der Waals surface area contributed by atoms with Gasteiger partial charge in [0.15, 0.2) is 5.69 Å². The zero-order valence-corrected chi connectivity index (χ0v) is 16.2. The Labute approximate surface area is 177 Å². The molecular formula is C19H14ClF5N4O2. The second-order valence-electron chi connectivity index (χ2n) is 6.30. The first-order chi connectivity index (χ1) is 14.6. The van der Waals surface area contributed by atoms with Crippen LogP contribution >= 0.6 is 11.6 Å². The first-order valence-corrected chi connectivity index (χ1v) is 9.02. The number of hydrogen-bond acceptors (Lipinski definition) is 3. The predicted molar refractivity (Wildman–Crippen MR) is 102 cm³/mol. The largest absolute Gasteiger partial charge is 0.435 e. The molecule has 164 valence electrons. The second-order valence-corrected chi connectivity index (χ2v) is 6.71. The number of aromatic nitrogens is 2. The third-order valence-corrected chi connectivity index (χ3v) is 4.42. The van der Waals surface area contributed by atoms with Crippen molar-refractivity contribution in [2.75, 3.05) is 5.32 Å². The van der Waals surface area contributed by atoms with Crippen LogP contribution in [0.15, 0.2) is 42.5 Å². The quantitative estimate of drug-likeness (QED) is 0.485. The third kappa shape index (κ3) is 5.30. The summed E-state index contributed by atoms with van der Waals surface area (Å²) in [6.45, 7) is -0.904. The highest BCUT2D eigenvalue weighted by Crippen LogP contribution is 2.30. The Morgan fingerprint density at radius 2 is 1.84 bits per heavy atom. The van der Waals surface area contributed by atoms with Crippen molar-refractivity contribution in [3.63, 3.8) is 0 Å². The Morgan fingerprint density at radius 3 is 2.45 bits per heavy atom. The minimum absolute atomic E-state index is 0.0347. The molecule has 0 radical (unpaired) electrons. The van der Waals surface area contributed by atoms with Crippen LogP contribution in [0.4, 0.5) is 32.4 Å². The molecule has 2 aromatic carbocycles. The molecule has 3 N–H and O–H groups in total. The second kappa shape index (κ2) is 8.90. The number of amides is 2. The topological polar surface area (TPSA) is 79.2 Å². The third-order valence-electron chi connectivity index (χ3n) is 4.13. The average Bonchev–Trinajstić information content (AvgIpc) is 3.13. The number of anilines is 1. The summed E-state index contributed by atoms with van der Waals surface area (Å²) in [5, 5.41) is 16.8. The molecule has 3 aromatic rings. The van der Waals surface area contributed by atoms with E-state index in [1.54, 1.807) is 0 Å². The van der Waals surface area contributed by atoms with E-state index in [0.29, 0.717) is 0 Å². The van der Waals surface area contributed by atoms with Gasteiger partial charge < -0.3 is 15.7 Å². The molecule has 0 aliphatic carbocycles. The standard InChI is InChI=1S/C19H14ClF5N4O2/c20-14-6-12(3-4-15(14)21)29-13(7-17(28-29)19(23,24)25)8-26-18(31)27-11-2-1-10(9-30)16(22)5-11/h1-7,30H,8-9H2,(H2,26,27,31). The molecule has 0 saturated heterocycles. The first-order valence-electron chi connectivity index (χ1n) is 8.64. The fourth-order valence-corrected chi connectivity index (χ4v) is 2.80. The molecule has 0 atom stereocenters. The minimum atomic E-state index is -4.75. The van der Waals surface area contributed by atoms with E-state index in [1.807, 2.05) is 0 Å². The molecule has 0 saturated carbocycles. The molecular weight excluding hydrogens is 447 g/mol. The van der Waals surface area contributed by atoms with Crippen molar-refractivity contribution in [2.45, 2.75) is 19.3 Å². The normalized spacial score (nSPS) is 11.5. The van der Waals surface area contributed by atoms with E-state index in [0.717, 1.165) is 28.9 Å². The molecule has 1 aromatic heterocycles. The van der Waals surface area contributed by atoms with Crippen molar-refractivity contribution in [2.24, 2.45) is 0 Å². The van der Waals surface area contributed by atoms with Gasteiger partial charge in [0.05, 0.1) is 29.6 Å². The van der Waals surface area contributed by atoms with Gasteiger partial charge in [0.2, 0.25) is 0 Å². The van der Waals surface area contributed by atoms with Gasteiger partial charge in [-0.3, -0.25) is 0 Å². The van der Waals surface area contributed by atoms with E-state index in [9.17, 15) is 26.7 Å². The zero-order chi connectivity index (χ0) is 22.8. The maximum Gasteiger partial charge on any atom is 0.435 e. The number of carbonyl (C=O) groups excluding carboxylic acids is 1. The van der Waals surface area contributed by atoms with Crippen molar-refractivity contribution < 1.29 is 31.9 Å². The van der Waals surface area contributed by atoms with Crippen molar-refractivity contribution in [1.29, 1.82) is 0 Å². The van der Waals surface area contributed by atoms with Crippen LogP contribution in [0.3, 0.4) is 0 Å². The zero-order valence-electron chi connectivity index (χ0n) is 15.5. The number of carbonyl (C=O) groups is 1. The van der Waals surface area contributed by atoms with Crippen LogP contribution in [-0.2, 0) is 19.3 Å². The number of urea groups is 1. The van der Waals surface area contributed by atoms with Crippen LogP contribution in [0.5, 0.6) is 0 Å². The van der Waals surface area contributed by atoms with Gasteiger partial charge in [0.25, 0.3) is 0 Å². The molecule has 0 bridgehead atoms. The summed E-state index contributed by atoms with van der Waals surface area (Å²) in [4.78, 5) is 12.1. The van der Waals surface area contributed by atoms with E-state index >= 15 is 0 Å². The highest BCUT2D eigenvalue weighted by Gasteiger charge is 2.35. The lowest BCUT2D eigenvalue weighted by atomic mass is 10.2. The van der Waals surface area contributed by atoms with E-state index in [4.69, 9.17) is 16.7 Å². The first kappa shape index (κ1) is 22.5. The van der Waals surface area contributed by atoms with E-state index in [1.165, 1.54) is 18.2 Å². The van der Waals surface area contributed by atoms with E-state index in [-0.39, 0.29) is 34.2 Å². The smallest absolute Gasteiger partial charge is 0.392 e. The lowest BCUT2D eigenvalue weighted by Crippen LogP contribution is -2.29. The Bertz CT molecular complexity index is 1120. The molecule has 31 heavy (non-hydrogen) atoms. The van der Waals surface area contributed by atoms with Crippen LogP contribution in [-0.4, -0.2) is 20.9 Å². The molecule has 0 fully saturated rings. The van der Waals surface area contributed by atoms with E-state index in [2.05, 4.69) is 15.7 Å². The Hall–Kier alpha value is -3.18. The van der Waals surface area contributed by atoms with Crippen LogP contribution in [0.1, 0.15) is 17.0 Å². The molecule has 3 rings (SSSR count). The van der Waals surface area contributed by atoms with Crippen molar-refractivity contribution in [1.82, 2.24) is 15.1 Å². The number of nitrogens with zero attached hydrogens (tertiary/aromatic N) is 2. The van der Waals surface area contributed by atoms with Gasteiger partial charge in [0.1, 0.15) is 11.6 Å². The van der Waals surface area contributed by atoms with Crippen LogP contribution < -0.4 is 10.6 Å². The SMILES string of the molecule is O=C(NCc1cc(C(F)(F)F)nn1-c1ccc(F)c(Cl)c1)Nc1ccc(CO)c(F)c1. The molecule has 0 aliphatic rings. The number of halogens is 6. The number of benzene rings is 2. The van der Waals surface area contributed by atoms with Gasteiger partial charge in [-0.1, -0.05) is 17.7 Å². The van der Waals surface area contributed by atoms with Gasteiger partial charge in [-0.2, -0.15) is 18.3 Å². The van der Waals surface area contributed by atoms with Gasteiger partial charge in [0, 0.05) is 11.3 Å². The maximum atomic E-state index is 13.7. The number of nitrogens with one attached hydrogen (secondary N) is 2. The summed E-state index contributed by atoms with van der Waals surface area (Å²) in [5.41, 5.74) is -1.12. The summed E-state index contributed by atoms with van der Waals surface area (Å²) >= 11 is 5.70. The fraction of sp³-hybridized carbons (Fsp3) is 0.158. The molecule has 2 amide bonds. The monoisotopic (exact) mass is 460 g/mol. The highest BCUT2D eigenvalue weighted by atomic mass is 35.5. The summed E-state index contributed by atoms with van der Waals surface area (Å²) in [7, 11) is 0. The predicted octanol–water partition coefficient (Wildman–Crippen LogP) is 4.64. The molecule has 6 nitrogen and oxygen atoms in total. The Kier molecular flexibility index (Phi) is 6.46. The molecule has 1 heterocycles. The van der Waals surface area contributed by atoms with Gasteiger partial charge in [-0.25, -0.2) is 18.3 Å². The van der Waals surface area contributed by atoms with E-state index < -0.39 is 36.1 Å². The fourth-order valence-electron chi connectivity index (χ4n) is 2.62. The van der Waals surface area contributed by atoms with Crippen LogP contribution in [0.25, 0.3) is 5.69 Å². The highest BCUT2D eigenvalue weighted by molar-refractivity contribution is 6.30. The van der Waals surface area contributed by atoms with Crippen LogP contribution in [0.2, 0.25) is 5.02 Å². The number of hydrogen-bond donors (Lipinski definition) is 3. The maximum absolute atomic E-state index is 13.7. The van der Waals surface area contributed by atoms with Crippen LogP contribution in [0, 0.1) is 11.6 Å². The molecule has 0 unspecified atom stereocenters. The molecule has 0 aliphatic heterocycles. The molecule has 12 heteroatoms. The number of aliphatic hydroxyl groups excluding tert-OH is 1. The van der Waals surface area contributed by atoms with Gasteiger partial charge in [-0.05, 0) is 36.4 Å². The summed E-state index contributed by atoms with van der Waals surface area (Å²) in [6, 6.07) is 6.76. The Balaban J connectivity index is 1.80. The molecule has 0 spiro atoms. The summed E-state index contributed by atoms with van der Waals surface area (Å²) in [5.74, 6) is -1.49. The number of aliphatic hydroxyl groups is 1. The number of rotatable bonds is 5. The average molecular weight is 461 g/mol. The van der Waals surface area contributed by atoms with Crippen molar-refractivity contribution in [3.05, 3.63) is 76.1 Å². The van der Waals surface area contributed by atoms with Crippen molar-refractivity contribution in [3.8, 4) is 5.69 Å². The minimum Gasteiger partial charge on any atom is -0.392 e. The van der Waals surface area contributed by atoms with Gasteiger partial charge >= 0.3 is 12.2 Å². The van der Waals surface area contributed by atoms with Crippen molar-refractivity contribution >= 4 is 23.3 Å². The lowest BCUT2D eigenvalue weighted by molar-refractivity contribution is -0.141. The lowest BCUT2D eigenvalue weighted by Gasteiger charge is -2.11. The summed E-state index contributed by atoms with van der Waals surface area (Å²) < 4.78 is 67.3. The Morgan fingerprint density at radius 1 is 1.10 bits per heavy atom.